The van der Waals surface area contributed by atoms with Gasteiger partial charge in [0.2, 0.25) is 0 Å². The van der Waals surface area contributed by atoms with Gasteiger partial charge in [0.1, 0.15) is 17.6 Å². The number of aryl methyl sites for hydroxylation is 1. The molecule has 2 aromatic carbocycles. The van der Waals surface area contributed by atoms with Crippen LogP contribution >= 0.6 is 0 Å². The molecule has 0 bridgehead atoms. The van der Waals surface area contributed by atoms with E-state index in [2.05, 4.69) is 15.7 Å². The molecular formula is C19H17F3N4O2. The van der Waals surface area contributed by atoms with Crippen molar-refractivity contribution in [2.45, 2.75) is 25.6 Å². The third kappa shape index (κ3) is 4.74. The molecule has 1 heterocycles. The number of ether oxygens (including phenoxy) is 1. The van der Waals surface area contributed by atoms with Crippen LogP contribution in [0, 0.1) is 12.3 Å². The Morgan fingerprint density at radius 1 is 1.25 bits per heavy atom. The first-order valence-electron chi connectivity index (χ1n) is 8.33. The number of hydroxylamine groups is 1. The Balaban J connectivity index is 1.79. The van der Waals surface area contributed by atoms with E-state index in [4.69, 9.17) is 15.0 Å². The summed E-state index contributed by atoms with van der Waals surface area (Å²) < 4.78 is 44.4. The average Bonchev–Trinajstić information content (AvgIpc) is 3.12. The Morgan fingerprint density at radius 2 is 2.07 bits per heavy atom. The van der Waals surface area contributed by atoms with E-state index in [1.807, 2.05) is 12.1 Å². The minimum Gasteiger partial charge on any atom is -0.457 e. The third-order valence-electron chi connectivity index (χ3n) is 3.99. The second-order valence-electron chi connectivity index (χ2n) is 6.04. The lowest BCUT2D eigenvalue weighted by Crippen LogP contribution is -2.11. The van der Waals surface area contributed by atoms with Crippen molar-refractivity contribution in [3.63, 3.8) is 0 Å². The quantitative estimate of drug-likeness (QED) is 0.568. The minimum atomic E-state index is -4.43. The van der Waals surface area contributed by atoms with E-state index in [1.165, 1.54) is 18.3 Å². The molecule has 1 fully saturated rings. The molecule has 2 N–H and O–H groups in total. The maximum Gasteiger partial charge on any atom is 0.416 e. The lowest BCUT2D eigenvalue weighted by Gasteiger charge is -2.14. The average molecular weight is 390 g/mol. The molecule has 1 atom stereocenters. The Bertz CT molecular complexity index is 926. The van der Waals surface area contributed by atoms with Crippen LogP contribution in [-0.2, 0) is 11.0 Å². The summed E-state index contributed by atoms with van der Waals surface area (Å²) in [4.78, 5) is 5.48. The van der Waals surface area contributed by atoms with Crippen LogP contribution in [0.4, 0.5) is 13.2 Å². The minimum absolute atomic E-state index is 0.101. The van der Waals surface area contributed by atoms with E-state index in [0.29, 0.717) is 18.0 Å². The van der Waals surface area contributed by atoms with Gasteiger partial charge in [-0.2, -0.15) is 18.3 Å². The van der Waals surface area contributed by atoms with Gasteiger partial charge in [0.05, 0.1) is 11.8 Å². The molecule has 0 spiro atoms. The Labute approximate surface area is 159 Å². The summed E-state index contributed by atoms with van der Waals surface area (Å²) in [6.45, 7) is 1.80. The highest BCUT2D eigenvalue weighted by Gasteiger charge is 2.30. The highest BCUT2D eigenvalue weighted by molar-refractivity contribution is 6.14. The van der Waals surface area contributed by atoms with E-state index >= 15 is 0 Å². The number of hydrogen-bond acceptors (Lipinski definition) is 5. The highest BCUT2D eigenvalue weighted by atomic mass is 19.4. The van der Waals surface area contributed by atoms with Crippen LogP contribution in [0.15, 0.2) is 52.7 Å². The second-order valence-corrected chi connectivity index (χ2v) is 6.04. The number of alkyl halides is 3. The third-order valence-corrected chi connectivity index (χ3v) is 3.99. The normalized spacial score (nSPS) is 18.4. The summed E-state index contributed by atoms with van der Waals surface area (Å²) >= 11 is 0. The number of nitrogens with zero attached hydrogens (tertiary/aromatic N) is 2. The Morgan fingerprint density at radius 3 is 2.82 bits per heavy atom. The SMILES string of the molecule is Cc1ccc(C2C/C(=N/N=C\C=N)NO2)cc1Oc1cccc(C(F)(F)F)c1. The Kier molecular flexibility index (Phi) is 5.74. The van der Waals surface area contributed by atoms with Crippen molar-refractivity contribution in [3.8, 4) is 11.5 Å². The van der Waals surface area contributed by atoms with Crippen molar-refractivity contribution >= 4 is 18.3 Å². The molecule has 1 saturated heterocycles. The molecule has 6 nitrogen and oxygen atoms in total. The molecule has 0 saturated carbocycles. The smallest absolute Gasteiger partial charge is 0.416 e. The van der Waals surface area contributed by atoms with E-state index in [-0.39, 0.29) is 11.9 Å². The van der Waals surface area contributed by atoms with Crippen LogP contribution < -0.4 is 10.2 Å². The summed E-state index contributed by atoms with van der Waals surface area (Å²) in [7, 11) is 0. The van der Waals surface area contributed by atoms with Crippen LogP contribution in [0.2, 0.25) is 0 Å². The van der Waals surface area contributed by atoms with Gasteiger partial charge in [-0.25, -0.2) is 0 Å². The van der Waals surface area contributed by atoms with Crippen LogP contribution in [-0.4, -0.2) is 18.3 Å². The van der Waals surface area contributed by atoms with Crippen molar-refractivity contribution in [1.82, 2.24) is 5.48 Å². The van der Waals surface area contributed by atoms with Crippen LogP contribution in [0.25, 0.3) is 0 Å². The molecule has 146 valence electrons. The fourth-order valence-electron chi connectivity index (χ4n) is 2.57. The van der Waals surface area contributed by atoms with Gasteiger partial charge in [-0.05, 0) is 42.3 Å². The number of nitrogens with one attached hydrogen (secondary N) is 2. The summed E-state index contributed by atoms with van der Waals surface area (Å²) in [5, 5.41) is 14.4. The molecular weight excluding hydrogens is 373 g/mol. The van der Waals surface area contributed by atoms with Crippen LogP contribution in [0.1, 0.15) is 29.2 Å². The monoisotopic (exact) mass is 390 g/mol. The van der Waals surface area contributed by atoms with Gasteiger partial charge in [0, 0.05) is 12.6 Å². The van der Waals surface area contributed by atoms with E-state index in [9.17, 15) is 13.2 Å². The van der Waals surface area contributed by atoms with Crippen molar-refractivity contribution < 1.29 is 22.7 Å². The van der Waals surface area contributed by atoms with Crippen LogP contribution in [0.3, 0.4) is 0 Å². The molecule has 1 unspecified atom stereocenters. The molecule has 9 heteroatoms. The number of halogens is 3. The van der Waals surface area contributed by atoms with Crippen molar-refractivity contribution in [2.75, 3.05) is 0 Å². The number of rotatable bonds is 5. The lowest BCUT2D eigenvalue weighted by molar-refractivity contribution is -0.137. The second kappa shape index (κ2) is 8.22. The molecule has 0 aliphatic carbocycles. The standard InChI is InChI=1S/C19H17F3N4O2/c1-12-5-6-13(17-11-18(26-28-17)25-24-8-7-23)9-16(12)27-15-4-2-3-14(10-15)19(20,21)22/h2-10,17,23H,11H2,1H3,(H,25,26)/b23-7?,24-8-. The summed E-state index contributed by atoms with van der Waals surface area (Å²) in [6, 6.07) is 10.1. The van der Waals surface area contributed by atoms with E-state index in [0.717, 1.165) is 29.5 Å². The molecule has 1 aliphatic heterocycles. The largest absolute Gasteiger partial charge is 0.457 e. The van der Waals surface area contributed by atoms with Crippen LogP contribution in [0.5, 0.6) is 11.5 Å². The number of amidine groups is 1. The van der Waals surface area contributed by atoms with Crippen molar-refractivity contribution in [2.24, 2.45) is 10.2 Å². The maximum absolute atomic E-state index is 12.9. The molecule has 0 aromatic heterocycles. The van der Waals surface area contributed by atoms with Gasteiger partial charge in [0.15, 0.2) is 5.84 Å². The van der Waals surface area contributed by atoms with Gasteiger partial charge in [-0.3, -0.25) is 10.3 Å². The first-order chi connectivity index (χ1) is 13.4. The fraction of sp³-hybridized carbons (Fsp3) is 0.211. The molecule has 0 amide bonds. The molecule has 0 radical (unpaired) electrons. The van der Waals surface area contributed by atoms with Crippen molar-refractivity contribution in [3.05, 3.63) is 59.2 Å². The molecule has 2 aromatic rings. The summed E-state index contributed by atoms with van der Waals surface area (Å²) in [5.41, 5.74) is 3.45. The highest BCUT2D eigenvalue weighted by Crippen LogP contribution is 2.35. The zero-order valence-corrected chi connectivity index (χ0v) is 14.8. The van der Waals surface area contributed by atoms with Gasteiger partial charge < -0.3 is 10.1 Å². The molecule has 3 rings (SSSR count). The van der Waals surface area contributed by atoms with E-state index in [1.54, 1.807) is 13.0 Å². The Hall–Kier alpha value is -3.20. The maximum atomic E-state index is 12.9. The number of hydrogen-bond donors (Lipinski definition) is 2. The predicted octanol–water partition coefficient (Wildman–Crippen LogP) is 4.81. The van der Waals surface area contributed by atoms with Crippen molar-refractivity contribution in [1.29, 1.82) is 5.41 Å². The summed E-state index contributed by atoms with van der Waals surface area (Å²) in [5.74, 6) is 1.04. The van der Waals surface area contributed by atoms with Gasteiger partial charge in [-0.1, -0.05) is 18.2 Å². The van der Waals surface area contributed by atoms with Gasteiger partial charge >= 0.3 is 6.18 Å². The fourth-order valence-corrected chi connectivity index (χ4v) is 2.57. The molecule has 1 aliphatic rings. The zero-order chi connectivity index (χ0) is 20.1. The number of benzene rings is 2. The summed E-state index contributed by atoms with van der Waals surface area (Å²) in [6.07, 6.45) is -2.11. The van der Waals surface area contributed by atoms with Gasteiger partial charge in [0.25, 0.3) is 0 Å². The molecule has 28 heavy (non-hydrogen) atoms. The first kappa shape index (κ1) is 19.6. The topological polar surface area (TPSA) is 79.1 Å². The zero-order valence-electron chi connectivity index (χ0n) is 14.8. The lowest BCUT2D eigenvalue weighted by atomic mass is 10.0. The first-order valence-corrected chi connectivity index (χ1v) is 8.33. The van der Waals surface area contributed by atoms with Gasteiger partial charge in [-0.15, -0.1) is 5.10 Å². The van der Waals surface area contributed by atoms with E-state index < -0.39 is 11.7 Å². The predicted molar refractivity (Wildman–Crippen MR) is 99.0 cm³/mol.